The molecule has 1 N–H and O–H groups in total. The molecular formula is C30H49F4N3O4Si. The van der Waals surface area contributed by atoms with Gasteiger partial charge in [0.15, 0.2) is 14.6 Å². The molecule has 1 aliphatic carbocycles. The number of likely N-dealkylation sites (tertiary alicyclic amines) is 1. The van der Waals surface area contributed by atoms with E-state index in [2.05, 4.69) is 31.0 Å². The summed E-state index contributed by atoms with van der Waals surface area (Å²) in [6.45, 7) is 11.8. The summed E-state index contributed by atoms with van der Waals surface area (Å²) in [7, 11) is 1.27. The molecule has 1 aromatic rings. The van der Waals surface area contributed by atoms with Crippen molar-refractivity contribution in [2.75, 3.05) is 52.3 Å². The normalized spacial score (nSPS) is 19.7. The van der Waals surface area contributed by atoms with Gasteiger partial charge >= 0.3 is 6.18 Å². The summed E-state index contributed by atoms with van der Waals surface area (Å²) >= 11 is 0. The van der Waals surface area contributed by atoms with Crippen LogP contribution in [0.1, 0.15) is 58.9 Å². The minimum Gasteiger partial charge on any atom is -0.412 e. The zero-order valence-corrected chi connectivity index (χ0v) is 27.0. The number of anilines is 1. The summed E-state index contributed by atoms with van der Waals surface area (Å²) in [5, 5.41) is 2.85. The smallest absolute Gasteiger partial charge is 0.412 e. The van der Waals surface area contributed by atoms with Crippen LogP contribution < -0.4 is 5.32 Å². The zero-order chi connectivity index (χ0) is 31.1. The van der Waals surface area contributed by atoms with Crippen LogP contribution in [-0.2, 0) is 24.9 Å². The van der Waals surface area contributed by atoms with Gasteiger partial charge in [0.2, 0.25) is 5.91 Å². The van der Waals surface area contributed by atoms with E-state index in [-0.39, 0.29) is 24.2 Å². The van der Waals surface area contributed by atoms with Crippen molar-refractivity contribution in [3.05, 3.63) is 29.6 Å². The van der Waals surface area contributed by atoms with Crippen molar-refractivity contribution in [1.82, 2.24) is 9.80 Å². The Morgan fingerprint density at radius 3 is 2.31 bits per heavy atom. The molecule has 0 radical (unpaired) electrons. The first-order valence-corrected chi connectivity index (χ1v) is 17.8. The molecule has 1 unspecified atom stereocenters. The number of rotatable bonds is 16. The molecular weight excluding hydrogens is 570 g/mol. The molecule has 2 atom stereocenters. The molecule has 2 aliphatic rings. The Hall–Kier alpha value is -1.73. The van der Waals surface area contributed by atoms with Crippen molar-refractivity contribution in [1.29, 1.82) is 0 Å². The van der Waals surface area contributed by atoms with Crippen LogP contribution in [0.4, 0.5) is 23.2 Å². The van der Waals surface area contributed by atoms with Gasteiger partial charge in [-0.05, 0) is 87.4 Å². The second-order valence-electron chi connectivity index (χ2n) is 11.9. The van der Waals surface area contributed by atoms with E-state index in [4.69, 9.17) is 13.9 Å². The number of hydrogen-bond acceptors (Lipinski definition) is 6. The van der Waals surface area contributed by atoms with Gasteiger partial charge in [0.05, 0.1) is 18.2 Å². The zero-order valence-electron chi connectivity index (χ0n) is 26.0. The second-order valence-corrected chi connectivity index (χ2v) is 16.6. The number of amides is 1. The molecule has 7 nitrogen and oxygen atoms in total. The maximum atomic E-state index is 14.1. The minimum absolute atomic E-state index is 0.0931. The van der Waals surface area contributed by atoms with Gasteiger partial charge < -0.3 is 29.0 Å². The number of carbonyl (C=O) groups excluding carboxylic acids is 1. The van der Waals surface area contributed by atoms with E-state index in [9.17, 15) is 22.4 Å². The number of piperidine rings is 1. The third-order valence-electron chi connectivity index (χ3n) is 9.39. The number of carbonyl (C=O) groups is 1. The fourth-order valence-electron chi connectivity index (χ4n) is 6.08. The van der Waals surface area contributed by atoms with E-state index in [0.29, 0.717) is 18.0 Å². The number of hydrogen-bond donors (Lipinski definition) is 1. The highest BCUT2D eigenvalue weighted by molar-refractivity contribution is 6.73. The summed E-state index contributed by atoms with van der Waals surface area (Å²) in [5.74, 6) is -1.67. The van der Waals surface area contributed by atoms with Crippen molar-refractivity contribution in [2.45, 2.75) is 96.1 Å². The molecule has 2 fully saturated rings. The molecule has 3 rings (SSSR count). The van der Waals surface area contributed by atoms with Crippen LogP contribution in [0, 0.1) is 11.2 Å². The lowest BCUT2D eigenvalue weighted by atomic mass is 9.90. The Morgan fingerprint density at radius 1 is 1.14 bits per heavy atom. The van der Waals surface area contributed by atoms with Gasteiger partial charge in [-0.3, -0.25) is 4.79 Å². The van der Waals surface area contributed by atoms with Crippen LogP contribution in [0.5, 0.6) is 0 Å². The molecule has 1 saturated carbocycles. The maximum Gasteiger partial charge on any atom is 0.419 e. The predicted octanol–water partition coefficient (Wildman–Crippen LogP) is 6.36. The highest BCUT2D eigenvalue weighted by Gasteiger charge is 2.54. The van der Waals surface area contributed by atoms with E-state index in [1.807, 2.05) is 0 Å². The quantitative estimate of drug-likeness (QED) is 0.132. The van der Waals surface area contributed by atoms with Gasteiger partial charge in [-0.2, -0.15) is 13.2 Å². The van der Waals surface area contributed by atoms with E-state index in [1.165, 1.54) is 27.1 Å². The lowest BCUT2D eigenvalue weighted by Crippen LogP contribution is -2.52. The van der Waals surface area contributed by atoms with Crippen LogP contribution in [0.3, 0.4) is 0 Å². The maximum absolute atomic E-state index is 14.1. The monoisotopic (exact) mass is 619 g/mol. The van der Waals surface area contributed by atoms with Crippen molar-refractivity contribution in [3.63, 3.8) is 0 Å². The van der Waals surface area contributed by atoms with Crippen molar-refractivity contribution >= 4 is 19.9 Å². The summed E-state index contributed by atoms with van der Waals surface area (Å²) in [6.07, 6.45) is -0.787. The van der Waals surface area contributed by atoms with Gasteiger partial charge in [-0.1, -0.05) is 20.8 Å². The second kappa shape index (κ2) is 14.8. The minimum atomic E-state index is -4.79. The fourth-order valence-corrected chi connectivity index (χ4v) is 9.01. The number of benzene rings is 1. The molecule has 1 amide bonds. The van der Waals surface area contributed by atoms with Gasteiger partial charge in [0.25, 0.3) is 0 Å². The molecule has 0 aromatic heterocycles. The van der Waals surface area contributed by atoms with Crippen molar-refractivity contribution in [2.24, 2.45) is 5.41 Å². The van der Waals surface area contributed by atoms with Crippen molar-refractivity contribution < 1.29 is 36.3 Å². The Bertz CT molecular complexity index is 1010. The number of methoxy groups -OCH3 is 2. The molecule has 42 heavy (non-hydrogen) atoms. The number of halogens is 4. The first-order chi connectivity index (χ1) is 19.9. The van der Waals surface area contributed by atoms with E-state index >= 15 is 0 Å². The van der Waals surface area contributed by atoms with Gasteiger partial charge in [0, 0.05) is 33.0 Å². The highest BCUT2D eigenvalue weighted by Crippen LogP contribution is 2.55. The Kier molecular flexibility index (Phi) is 12.3. The summed E-state index contributed by atoms with van der Waals surface area (Å²) < 4.78 is 70.6. The van der Waals surface area contributed by atoms with Gasteiger partial charge in [-0.25, -0.2) is 4.39 Å². The number of alkyl halides is 3. The summed E-state index contributed by atoms with van der Waals surface area (Å²) in [4.78, 5) is 17.5. The summed E-state index contributed by atoms with van der Waals surface area (Å²) in [6, 6.07) is 5.15. The fraction of sp³-hybridized carbons (Fsp3) is 0.767. The lowest BCUT2D eigenvalue weighted by molar-refractivity contribution is -0.146. The molecule has 240 valence electrons. The molecule has 1 saturated heterocycles. The predicted molar refractivity (Wildman–Crippen MR) is 158 cm³/mol. The van der Waals surface area contributed by atoms with Gasteiger partial charge in [-0.15, -0.1) is 0 Å². The molecule has 12 heteroatoms. The highest BCUT2D eigenvalue weighted by atomic mass is 28.4. The Labute approximate surface area is 249 Å². The van der Waals surface area contributed by atoms with E-state index < -0.39 is 38.2 Å². The first kappa shape index (κ1) is 34.8. The molecule has 0 bridgehead atoms. The van der Waals surface area contributed by atoms with Crippen LogP contribution >= 0.6 is 0 Å². The van der Waals surface area contributed by atoms with E-state index in [0.717, 1.165) is 62.7 Å². The number of nitrogens with one attached hydrogen (secondary N) is 1. The summed E-state index contributed by atoms with van der Waals surface area (Å²) in [5.41, 5.74) is -0.906. The van der Waals surface area contributed by atoms with Crippen molar-refractivity contribution in [3.8, 4) is 0 Å². The van der Waals surface area contributed by atoms with Crippen LogP contribution in [0.2, 0.25) is 18.1 Å². The molecule has 1 aliphatic heterocycles. The Morgan fingerprint density at radius 2 is 1.79 bits per heavy atom. The Balaban J connectivity index is 1.62. The largest absolute Gasteiger partial charge is 0.419 e. The third-order valence-corrected chi connectivity index (χ3v) is 14.0. The molecule has 1 aromatic carbocycles. The first-order valence-electron chi connectivity index (χ1n) is 15.2. The average molecular weight is 620 g/mol. The molecule has 1 heterocycles. The third kappa shape index (κ3) is 8.68. The standard InChI is InChI=1S/C30H49F4N3O4Si/c1-7-42(8-2,9-3)41-26-20-36(18-15-29(26)13-14-29)16-10-17-37(21-27(39-5)40-6)28(38)22(4)35-23-11-12-24(25(31)19-23)30(32,33)34/h11-12,19,22,26-27,35H,7-10,13-18,20-21H2,1-6H3/t22?,26-/m1/s1. The van der Waals surface area contributed by atoms with Crippen LogP contribution in [-0.4, -0.2) is 89.4 Å². The average Bonchev–Trinajstić information content (AvgIpc) is 3.74. The van der Waals surface area contributed by atoms with Crippen LogP contribution in [0.25, 0.3) is 0 Å². The number of nitrogens with zero attached hydrogens (tertiary/aromatic N) is 2. The van der Waals surface area contributed by atoms with Crippen LogP contribution in [0.15, 0.2) is 18.2 Å². The van der Waals surface area contributed by atoms with E-state index in [1.54, 1.807) is 11.8 Å². The topological polar surface area (TPSA) is 63.3 Å². The SMILES string of the molecule is CC[Si](CC)(CC)O[C@@H]1CN(CCCN(CC(OC)OC)C(=O)C(C)Nc2ccc(C(F)(F)F)c(F)c2)CCC12CC2. The number of ether oxygens (including phenoxy) is 2. The molecule has 1 spiro atoms. The van der Waals surface area contributed by atoms with Gasteiger partial charge in [0.1, 0.15) is 11.9 Å². The lowest BCUT2D eigenvalue weighted by Gasteiger charge is -2.44.